The van der Waals surface area contributed by atoms with Crippen molar-refractivity contribution in [2.75, 3.05) is 14.2 Å². The molecule has 1 aromatic heterocycles. The number of fused-ring (bicyclic) bond motifs is 1. The van der Waals surface area contributed by atoms with Crippen molar-refractivity contribution in [1.82, 2.24) is 15.3 Å². The summed E-state index contributed by atoms with van der Waals surface area (Å²) in [6.45, 7) is 0. The molecule has 2 aliphatic rings. The van der Waals surface area contributed by atoms with E-state index < -0.39 is 0 Å². The van der Waals surface area contributed by atoms with Crippen LogP contribution in [0.4, 0.5) is 0 Å². The highest BCUT2D eigenvalue weighted by molar-refractivity contribution is 5.25. The summed E-state index contributed by atoms with van der Waals surface area (Å²) in [7, 11) is 3.67. The van der Waals surface area contributed by atoms with E-state index in [1.807, 2.05) is 7.05 Å². The highest BCUT2D eigenvalue weighted by Gasteiger charge is 2.56. The van der Waals surface area contributed by atoms with Gasteiger partial charge in [-0.05, 0) is 37.6 Å². The van der Waals surface area contributed by atoms with Crippen molar-refractivity contribution in [2.45, 2.75) is 25.3 Å². The van der Waals surface area contributed by atoms with Crippen molar-refractivity contribution in [3.05, 3.63) is 18.1 Å². The van der Waals surface area contributed by atoms with E-state index in [4.69, 9.17) is 4.74 Å². The first-order valence-corrected chi connectivity index (χ1v) is 6.39. The van der Waals surface area contributed by atoms with Crippen molar-refractivity contribution in [3.8, 4) is 5.88 Å². The van der Waals surface area contributed by atoms with E-state index in [0.29, 0.717) is 11.9 Å². The zero-order valence-corrected chi connectivity index (χ0v) is 10.4. The number of rotatable bonds is 4. The number of nitrogens with zero attached hydrogens (tertiary/aromatic N) is 2. The van der Waals surface area contributed by atoms with Crippen LogP contribution in [0.15, 0.2) is 12.4 Å². The molecule has 1 heterocycles. The van der Waals surface area contributed by atoms with Gasteiger partial charge in [0.2, 0.25) is 5.88 Å². The van der Waals surface area contributed by atoms with Gasteiger partial charge in [0.1, 0.15) is 5.69 Å². The summed E-state index contributed by atoms with van der Waals surface area (Å²) in [5, 5.41) is 3.40. The smallest absolute Gasteiger partial charge is 0.237 e. The number of ether oxygens (including phenoxy) is 1. The lowest BCUT2D eigenvalue weighted by atomic mass is 10.0. The molecule has 2 fully saturated rings. The van der Waals surface area contributed by atoms with Crippen LogP contribution in [0, 0.1) is 17.8 Å². The van der Waals surface area contributed by atoms with E-state index in [1.54, 1.807) is 19.5 Å². The quantitative estimate of drug-likeness (QED) is 0.861. The minimum atomic E-state index is 0.300. The lowest BCUT2D eigenvalue weighted by Crippen LogP contribution is -2.22. The van der Waals surface area contributed by atoms with Gasteiger partial charge in [-0.15, -0.1) is 0 Å². The number of aromatic nitrogens is 2. The Labute approximate surface area is 102 Å². The number of hydrogen-bond donors (Lipinski definition) is 1. The molecular formula is C13H19N3O. The number of hydrogen-bond acceptors (Lipinski definition) is 4. The molecule has 3 atom stereocenters. The third kappa shape index (κ3) is 1.71. The Balaban J connectivity index is 1.85. The fourth-order valence-corrected chi connectivity index (χ4v) is 3.59. The molecular weight excluding hydrogens is 214 g/mol. The third-order valence-corrected chi connectivity index (χ3v) is 4.35. The maximum atomic E-state index is 5.31. The zero-order chi connectivity index (χ0) is 11.8. The van der Waals surface area contributed by atoms with Crippen LogP contribution >= 0.6 is 0 Å². The van der Waals surface area contributed by atoms with Crippen LogP contribution in [0.25, 0.3) is 0 Å². The molecule has 0 spiro atoms. The average Bonchev–Trinajstić information content (AvgIpc) is 2.85. The lowest BCUT2D eigenvalue weighted by Gasteiger charge is -2.18. The Morgan fingerprint density at radius 2 is 2.00 bits per heavy atom. The Hall–Kier alpha value is -1.16. The standard InChI is InChI=1S/C13H19N3O/c1-14-11(10-8-4-3-5-9(8)10)12-13(17-2)16-7-6-15-12/h6-11,14H,3-5H2,1-2H3. The fourth-order valence-electron chi connectivity index (χ4n) is 3.59. The van der Waals surface area contributed by atoms with Gasteiger partial charge in [-0.1, -0.05) is 6.42 Å². The molecule has 0 aliphatic heterocycles. The van der Waals surface area contributed by atoms with E-state index in [-0.39, 0.29) is 0 Å². The minimum Gasteiger partial charge on any atom is -0.480 e. The number of methoxy groups -OCH3 is 1. The minimum absolute atomic E-state index is 0.300. The lowest BCUT2D eigenvalue weighted by molar-refractivity contribution is 0.363. The molecule has 0 radical (unpaired) electrons. The summed E-state index contributed by atoms with van der Waals surface area (Å²) in [6, 6.07) is 0.300. The summed E-state index contributed by atoms with van der Waals surface area (Å²) >= 11 is 0. The van der Waals surface area contributed by atoms with Gasteiger partial charge in [-0.25, -0.2) is 4.98 Å². The van der Waals surface area contributed by atoms with Crippen LogP contribution in [0.2, 0.25) is 0 Å². The topological polar surface area (TPSA) is 47.0 Å². The first-order chi connectivity index (χ1) is 8.36. The second-order valence-corrected chi connectivity index (χ2v) is 5.05. The summed E-state index contributed by atoms with van der Waals surface area (Å²) in [6.07, 6.45) is 7.61. The Bertz CT molecular complexity index is 399. The molecule has 92 valence electrons. The first-order valence-electron chi connectivity index (χ1n) is 6.39. The average molecular weight is 233 g/mol. The molecule has 17 heavy (non-hydrogen) atoms. The molecule has 3 unspecified atom stereocenters. The van der Waals surface area contributed by atoms with Crippen LogP contribution in [-0.2, 0) is 0 Å². The van der Waals surface area contributed by atoms with E-state index in [1.165, 1.54) is 19.3 Å². The van der Waals surface area contributed by atoms with Gasteiger partial charge in [0.05, 0.1) is 13.2 Å². The molecule has 0 saturated heterocycles. The van der Waals surface area contributed by atoms with Crippen LogP contribution in [0.5, 0.6) is 5.88 Å². The maximum Gasteiger partial charge on any atom is 0.237 e. The summed E-state index contributed by atoms with van der Waals surface area (Å²) in [5.74, 6) is 3.20. The van der Waals surface area contributed by atoms with Gasteiger partial charge in [0.25, 0.3) is 0 Å². The fraction of sp³-hybridized carbons (Fsp3) is 0.692. The van der Waals surface area contributed by atoms with Crippen molar-refractivity contribution >= 4 is 0 Å². The second-order valence-electron chi connectivity index (χ2n) is 5.05. The summed E-state index contributed by atoms with van der Waals surface area (Å²) < 4.78 is 5.31. The predicted octanol–water partition coefficient (Wildman–Crippen LogP) is 1.79. The normalized spacial score (nSPS) is 32.0. The molecule has 0 aromatic carbocycles. The van der Waals surface area contributed by atoms with Crippen LogP contribution in [-0.4, -0.2) is 24.1 Å². The molecule has 3 rings (SSSR count). The van der Waals surface area contributed by atoms with Gasteiger partial charge >= 0.3 is 0 Å². The summed E-state index contributed by atoms with van der Waals surface area (Å²) in [4.78, 5) is 8.70. The number of nitrogens with one attached hydrogen (secondary N) is 1. The molecule has 4 nitrogen and oxygen atoms in total. The van der Waals surface area contributed by atoms with Crippen molar-refractivity contribution in [1.29, 1.82) is 0 Å². The van der Waals surface area contributed by atoms with E-state index >= 15 is 0 Å². The Kier molecular flexibility index (Phi) is 2.74. The maximum absolute atomic E-state index is 5.31. The van der Waals surface area contributed by atoms with Crippen molar-refractivity contribution in [2.24, 2.45) is 17.8 Å². The van der Waals surface area contributed by atoms with Gasteiger partial charge in [0.15, 0.2) is 0 Å². The molecule has 2 aliphatic carbocycles. The third-order valence-electron chi connectivity index (χ3n) is 4.35. The van der Waals surface area contributed by atoms with Crippen LogP contribution in [0.3, 0.4) is 0 Å². The highest BCUT2D eigenvalue weighted by atomic mass is 16.5. The molecule has 4 heteroatoms. The Morgan fingerprint density at radius 1 is 1.29 bits per heavy atom. The Morgan fingerprint density at radius 3 is 2.65 bits per heavy atom. The SMILES string of the molecule is CNC(c1nccnc1OC)C1C2CCCC21. The van der Waals surface area contributed by atoms with E-state index in [0.717, 1.165) is 23.4 Å². The second kappa shape index (κ2) is 4.26. The van der Waals surface area contributed by atoms with Gasteiger partial charge in [-0.3, -0.25) is 4.98 Å². The highest BCUT2D eigenvalue weighted by Crippen LogP contribution is 2.62. The molecule has 0 bridgehead atoms. The molecule has 1 N–H and O–H groups in total. The van der Waals surface area contributed by atoms with Gasteiger partial charge in [-0.2, -0.15) is 0 Å². The predicted molar refractivity (Wildman–Crippen MR) is 64.7 cm³/mol. The van der Waals surface area contributed by atoms with Gasteiger partial charge in [0, 0.05) is 12.4 Å². The first kappa shape index (κ1) is 11.0. The van der Waals surface area contributed by atoms with E-state index in [2.05, 4.69) is 15.3 Å². The van der Waals surface area contributed by atoms with Crippen LogP contribution < -0.4 is 10.1 Å². The van der Waals surface area contributed by atoms with Crippen molar-refractivity contribution in [3.63, 3.8) is 0 Å². The van der Waals surface area contributed by atoms with Gasteiger partial charge < -0.3 is 10.1 Å². The van der Waals surface area contributed by atoms with Crippen molar-refractivity contribution < 1.29 is 4.74 Å². The van der Waals surface area contributed by atoms with Crippen LogP contribution in [0.1, 0.15) is 31.0 Å². The molecule has 2 saturated carbocycles. The summed E-state index contributed by atoms with van der Waals surface area (Å²) in [5.41, 5.74) is 0.969. The molecule has 1 aromatic rings. The molecule has 0 amide bonds. The van der Waals surface area contributed by atoms with E-state index in [9.17, 15) is 0 Å². The monoisotopic (exact) mass is 233 g/mol. The largest absolute Gasteiger partial charge is 0.480 e. The zero-order valence-electron chi connectivity index (χ0n) is 10.4.